The first-order valence-corrected chi connectivity index (χ1v) is 8.62. The maximum absolute atomic E-state index is 13.4. The molecule has 0 radical (unpaired) electrons. The molecule has 146 valence electrons. The van der Waals surface area contributed by atoms with Crippen molar-refractivity contribution in [3.63, 3.8) is 0 Å². The molecule has 0 atom stereocenters. The van der Waals surface area contributed by atoms with E-state index in [1.165, 1.54) is 17.1 Å². The van der Waals surface area contributed by atoms with Gasteiger partial charge in [0.1, 0.15) is 0 Å². The molecule has 0 saturated carbocycles. The molecule has 0 fully saturated rings. The fourth-order valence-electron chi connectivity index (χ4n) is 2.78. The Labute approximate surface area is 164 Å². The number of alkyl halides is 3. The Bertz CT molecular complexity index is 1140. The maximum Gasteiger partial charge on any atom is 0.416 e. The van der Waals surface area contributed by atoms with Crippen molar-refractivity contribution in [2.45, 2.75) is 13.1 Å². The van der Waals surface area contributed by atoms with E-state index in [-0.39, 0.29) is 11.6 Å². The molecule has 0 spiro atoms. The standard InChI is InChI=1S/C20H15F3N6/c1-13-11-29(12-26-13)17-8-15(20(21,22)23)7-16(9-17)27-19-25-6-4-18(28-19)14-3-2-5-24-10-14/h2-12H,1H3,(H,25,27,28). The van der Waals surface area contributed by atoms with E-state index in [4.69, 9.17) is 0 Å². The van der Waals surface area contributed by atoms with Crippen LogP contribution in [-0.2, 0) is 6.18 Å². The number of nitrogens with one attached hydrogen (secondary N) is 1. The topological polar surface area (TPSA) is 68.5 Å². The van der Waals surface area contributed by atoms with E-state index >= 15 is 0 Å². The van der Waals surface area contributed by atoms with E-state index in [9.17, 15) is 13.2 Å². The molecule has 0 aliphatic heterocycles. The number of pyridine rings is 1. The van der Waals surface area contributed by atoms with Crippen LogP contribution in [0.4, 0.5) is 24.8 Å². The number of aryl methyl sites for hydroxylation is 1. The molecule has 0 aliphatic rings. The van der Waals surface area contributed by atoms with Crippen molar-refractivity contribution in [1.29, 1.82) is 0 Å². The zero-order valence-electron chi connectivity index (χ0n) is 15.2. The molecule has 0 saturated heterocycles. The summed E-state index contributed by atoms with van der Waals surface area (Å²) in [6.07, 6.45) is 3.44. The Morgan fingerprint density at radius 1 is 1.03 bits per heavy atom. The van der Waals surface area contributed by atoms with Gasteiger partial charge < -0.3 is 9.88 Å². The third-order valence-electron chi connectivity index (χ3n) is 4.12. The number of halogens is 3. The minimum absolute atomic E-state index is 0.179. The molecule has 4 rings (SSSR count). The van der Waals surface area contributed by atoms with Gasteiger partial charge in [0.15, 0.2) is 0 Å². The minimum atomic E-state index is -4.50. The highest BCUT2D eigenvalue weighted by atomic mass is 19.4. The van der Waals surface area contributed by atoms with Gasteiger partial charge in [0.05, 0.1) is 23.3 Å². The van der Waals surface area contributed by atoms with Crippen molar-refractivity contribution in [2.24, 2.45) is 0 Å². The Balaban J connectivity index is 1.71. The Morgan fingerprint density at radius 3 is 2.59 bits per heavy atom. The van der Waals surface area contributed by atoms with Crippen molar-refractivity contribution in [2.75, 3.05) is 5.32 Å². The van der Waals surface area contributed by atoms with Crippen molar-refractivity contribution in [3.05, 3.63) is 78.8 Å². The van der Waals surface area contributed by atoms with E-state index in [1.54, 1.807) is 43.7 Å². The summed E-state index contributed by atoms with van der Waals surface area (Å²) in [6, 6.07) is 8.98. The number of imidazole rings is 1. The molecule has 1 N–H and O–H groups in total. The molecule has 6 nitrogen and oxygen atoms in total. The molecule has 3 heterocycles. The van der Waals surface area contributed by atoms with Crippen LogP contribution in [0.1, 0.15) is 11.3 Å². The summed E-state index contributed by atoms with van der Waals surface area (Å²) < 4.78 is 41.7. The number of hydrogen-bond acceptors (Lipinski definition) is 5. The van der Waals surface area contributed by atoms with E-state index in [1.807, 2.05) is 6.07 Å². The summed E-state index contributed by atoms with van der Waals surface area (Å²) in [5.74, 6) is 0.179. The first kappa shape index (κ1) is 18.6. The fourth-order valence-corrected chi connectivity index (χ4v) is 2.78. The van der Waals surface area contributed by atoms with Crippen LogP contribution in [0.3, 0.4) is 0 Å². The van der Waals surface area contributed by atoms with Crippen LogP contribution in [-0.4, -0.2) is 24.5 Å². The van der Waals surface area contributed by atoms with E-state index in [0.717, 1.165) is 17.7 Å². The predicted molar refractivity (Wildman–Crippen MR) is 102 cm³/mol. The second kappa shape index (κ2) is 7.34. The maximum atomic E-state index is 13.4. The summed E-state index contributed by atoms with van der Waals surface area (Å²) in [5, 5.41) is 2.87. The highest BCUT2D eigenvalue weighted by Gasteiger charge is 2.31. The smallest absolute Gasteiger partial charge is 0.324 e. The van der Waals surface area contributed by atoms with Crippen LogP contribution in [0, 0.1) is 6.92 Å². The number of nitrogens with zero attached hydrogens (tertiary/aromatic N) is 5. The van der Waals surface area contributed by atoms with Gasteiger partial charge in [0, 0.05) is 41.7 Å². The molecule has 0 amide bonds. The predicted octanol–water partition coefficient (Wildman–Crippen LogP) is 4.80. The second-order valence-corrected chi connectivity index (χ2v) is 6.32. The average molecular weight is 396 g/mol. The Kier molecular flexibility index (Phi) is 4.71. The molecule has 9 heteroatoms. The van der Waals surface area contributed by atoms with Gasteiger partial charge in [-0.1, -0.05) is 0 Å². The lowest BCUT2D eigenvalue weighted by molar-refractivity contribution is -0.137. The van der Waals surface area contributed by atoms with Gasteiger partial charge in [-0.25, -0.2) is 15.0 Å². The minimum Gasteiger partial charge on any atom is -0.324 e. The van der Waals surface area contributed by atoms with Gasteiger partial charge in [0.2, 0.25) is 5.95 Å². The number of rotatable bonds is 4. The summed E-state index contributed by atoms with van der Waals surface area (Å²) in [4.78, 5) is 16.6. The number of aromatic nitrogens is 5. The third-order valence-corrected chi connectivity index (χ3v) is 4.12. The fraction of sp³-hybridized carbons (Fsp3) is 0.100. The first-order chi connectivity index (χ1) is 13.9. The molecule has 29 heavy (non-hydrogen) atoms. The van der Waals surface area contributed by atoms with E-state index < -0.39 is 11.7 Å². The zero-order chi connectivity index (χ0) is 20.4. The van der Waals surface area contributed by atoms with Gasteiger partial charge in [-0.05, 0) is 43.3 Å². The summed E-state index contributed by atoms with van der Waals surface area (Å²) >= 11 is 0. The molecular weight excluding hydrogens is 381 g/mol. The van der Waals surface area contributed by atoms with E-state index in [2.05, 4.69) is 25.3 Å². The number of benzene rings is 1. The van der Waals surface area contributed by atoms with Gasteiger partial charge in [-0.2, -0.15) is 13.2 Å². The summed E-state index contributed by atoms with van der Waals surface area (Å²) in [5.41, 5.74) is 1.83. The molecule has 0 bridgehead atoms. The first-order valence-electron chi connectivity index (χ1n) is 8.62. The van der Waals surface area contributed by atoms with Gasteiger partial charge >= 0.3 is 6.18 Å². The molecule has 4 aromatic rings. The van der Waals surface area contributed by atoms with Gasteiger partial charge in [-0.3, -0.25) is 4.98 Å². The van der Waals surface area contributed by atoms with Crippen LogP contribution in [0.15, 0.2) is 67.5 Å². The van der Waals surface area contributed by atoms with Crippen molar-refractivity contribution in [1.82, 2.24) is 24.5 Å². The summed E-state index contributed by atoms with van der Waals surface area (Å²) in [6.45, 7) is 1.76. The molecule has 0 unspecified atom stereocenters. The van der Waals surface area contributed by atoms with Crippen molar-refractivity contribution >= 4 is 11.6 Å². The molecule has 3 aromatic heterocycles. The number of anilines is 2. The number of hydrogen-bond donors (Lipinski definition) is 1. The quantitative estimate of drug-likeness (QED) is 0.537. The van der Waals surface area contributed by atoms with Crippen LogP contribution in [0.25, 0.3) is 16.9 Å². The lowest BCUT2D eigenvalue weighted by atomic mass is 10.1. The Morgan fingerprint density at radius 2 is 1.90 bits per heavy atom. The summed E-state index contributed by atoms with van der Waals surface area (Å²) in [7, 11) is 0. The largest absolute Gasteiger partial charge is 0.416 e. The highest BCUT2D eigenvalue weighted by Crippen LogP contribution is 2.33. The van der Waals surface area contributed by atoms with E-state index in [0.29, 0.717) is 17.1 Å². The van der Waals surface area contributed by atoms with Gasteiger partial charge in [-0.15, -0.1) is 0 Å². The van der Waals surface area contributed by atoms with Gasteiger partial charge in [0.25, 0.3) is 0 Å². The van der Waals surface area contributed by atoms with Crippen LogP contribution in [0.5, 0.6) is 0 Å². The monoisotopic (exact) mass is 396 g/mol. The molecule has 1 aromatic carbocycles. The normalized spacial score (nSPS) is 11.4. The third kappa shape index (κ3) is 4.23. The van der Waals surface area contributed by atoms with Crippen LogP contribution < -0.4 is 5.32 Å². The zero-order valence-corrected chi connectivity index (χ0v) is 15.2. The molecular formula is C20H15F3N6. The SMILES string of the molecule is Cc1cn(-c2cc(Nc3nccc(-c4cccnc4)n3)cc(C(F)(F)F)c2)cn1. The van der Waals surface area contributed by atoms with Crippen molar-refractivity contribution < 1.29 is 13.2 Å². The second-order valence-electron chi connectivity index (χ2n) is 6.32. The highest BCUT2D eigenvalue weighted by molar-refractivity contribution is 5.63. The lowest BCUT2D eigenvalue weighted by Gasteiger charge is -2.14. The lowest BCUT2D eigenvalue weighted by Crippen LogP contribution is -2.08. The average Bonchev–Trinajstić information content (AvgIpc) is 3.14. The van der Waals surface area contributed by atoms with Crippen LogP contribution >= 0.6 is 0 Å². The van der Waals surface area contributed by atoms with Crippen molar-refractivity contribution in [3.8, 4) is 16.9 Å². The molecule has 0 aliphatic carbocycles. The Hall–Kier alpha value is -3.75. The van der Waals surface area contributed by atoms with Crippen LogP contribution in [0.2, 0.25) is 0 Å².